The van der Waals surface area contributed by atoms with Crippen LogP contribution in [-0.2, 0) is 0 Å². The second-order valence-corrected chi connectivity index (χ2v) is 4.84. The Kier molecular flexibility index (Phi) is 3.31. The van der Waals surface area contributed by atoms with Gasteiger partial charge in [0.05, 0.1) is 6.20 Å². The first-order chi connectivity index (χ1) is 7.66. The molecule has 0 bridgehead atoms. The third-order valence-electron chi connectivity index (χ3n) is 2.01. The first-order valence-electron chi connectivity index (χ1n) is 4.51. The molecule has 0 radical (unpaired) electrons. The number of rotatable bonds is 2. The number of halogens is 1. The molecule has 82 valence electrons. The number of nitrogens with one attached hydrogen (secondary N) is 1. The fraction of sp³-hybridized carbons (Fsp3) is 0.100. The molecule has 0 aliphatic heterocycles. The molecule has 1 heterocycles. The third-order valence-corrected chi connectivity index (χ3v) is 3.53. The van der Waals surface area contributed by atoms with E-state index in [0.29, 0.717) is 4.88 Å². The topological polar surface area (TPSA) is 54.9 Å². The molecular formula is C10H8BrN3OS. The van der Waals surface area contributed by atoms with E-state index in [1.54, 1.807) is 0 Å². The molecule has 0 saturated heterocycles. The summed E-state index contributed by atoms with van der Waals surface area (Å²) in [5.41, 5.74) is 1.87. The van der Waals surface area contributed by atoms with Gasteiger partial charge in [0.25, 0.3) is 5.91 Å². The molecule has 1 amide bonds. The molecule has 16 heavy (non-hydrogen) atoms. The Bertz CT molecular complexity index is 513. The molecule has 0 saturated carbocycles. The van der Waals surface area contributed by atoms with Crippen molar-refractivity contribution in [2.45, 2.75) is 6.92 Å². The largest absolute Gasteiger partial charge is 0.321 e. The standard InChI is InChI=1S/C10H8BrN3OS/c1-6-2-3-7(4-8(6)11)13-10(15)9-5-12-14-16-9/h2-5H,1H3,(H,13,15). The number of aromatic nitrogens is 2. The number of benzene rings is 1. The molecule has 4 nitrogen and oxygen atoms in total. The van der Waals surface area contributed by atoms with Crippen molar-refractivity contribution in [1.82, 2.24) is 9.59 Å². The maximum Gasteiger partial charge on any atom is 0.269 e. The second kappa shape index (κ2) is 4.71. The van der Waals surface area contributed by atoms with E-state index in [1.165, 1.54) is 6.20 Å². The smallest absolute Gasteiger partial charge is 0.269 e. The van der Waals surface area contributed by atoms with Crippen LogP contribution in [0.3, 0.4) is 0 Å². The van der Waals surface area contributed by atoms with Crippen LogP contribution in [0.25, 0.3) is 0 Å². The molecule has 6 heteroatoms. The Balaban J connectivity index is 2.15. The zero-order chi connectivity index (χ0) is 11.5. The number of amides is 1. The average Bonchev–Trinajstić information content (AvgIpc) is 2.77. The van der Waals surface area contributed by atoms with Gasteiger partial charge < -0.3 is 5.32 Å². The number of nitrogens with zero attached hydrogens (tertiary/aromatic N) is 2. The molecule has 0 fully saturated rings. The van der Waals surface area contributed by atoms with Gasteiger partial charge in [0, 0.05) is 10.2 Å². The van der Waals surface area contributed by atoms with Crippen molar-refractivity contribution < 1.29 is 4.79 Å². The van der Waals surface area contributed by atoms with Gasteiger partial charge in [-0.25, -0.2) is 0 Å². The molecule has 0 unspecified atom stereocenters. The van der Waals surface area contributed by atoms with Gasteiger partial charge in [0.1, 0.15) is 4.88 Å². The van der Waals surface area contributed by atoms with Crippen molar-refractivity contribution in [3.8, 4) is 0 Å². The SMILES string of the molecule is Cc1ccc(NC(=O)c2cnns2)cc1Br. The highest BCUT2D eigenvalue weighted by atomic mass is 79.9. The minimum Gasteiger partial charge on any atom is -0.321 e. The summed E-state index contributed by atoms with van der Waals surface area (Å²) in [6.07, 6.45) is 1.45. The third kappa shape index (κ3) is 2.45. The number of carbonyl (C=O) groups excluding carboxylic acids is 1. The van der Waals surface area contributed by atoms with Gasteiger partial charge >= 0.3 is 0 Å². The summed E-state index contributed by atoms with van der Waals surface area (Å²) in [5, 5.41) is 6.39. The molecule has 0 spiro atoms. The van der Waals surface area contributed by atoms with Crippen LogP contribution in [0.5, 0.6) is 0 Å². The van der Waals surface area contributed by atoms with Gasteiger partial charge in [0.15, 0.2) is 0 Å². The molecular weight excluding hydrogens is 290 g/mol. The van der Waals surface area contributed by atoms with Crippen LogP contribution in [0, 0.1) is 6.92 Å². The lowest BCUT2D eigenvalue weighted by Crippen LogP contribution is -2.10. The normalized spacial score (nSPS) is 10.1. The summed E-state index contributed by atoms with van der Waals surface area (Å²) in [7, 11) is 0. The van der Waals surface area contributed by atoms with Crippen molar-refractivity contribution in [2.24, 2.45) is 0 Å². The summed E-state index contributed by atoms with van der Waals surface area (Å²) >= 11 is 4.48. The van der Waals surface area contributed by atoms with Gasteiger partial charge in [-0.1, -0.05) is 26.5 Å². The van der Waals surface area contributed by atoms with Crippen molar-refractivity contribution in [2.75, 3.05) is 5.32 Å². The summed E-state index contributed by atoms with van der Waals surface area (Å²) < 4.78 is 4.60. The predicted octanol–water partition coefficient (Wildman–Crippen LogP) is 2.86. The number of hydrogen-bond acceptors (Lipinski definition) is 4. The minimum absolute atomic E-state index is 0.189. The van der Waals surface area contributed by atoms with E-state index in [4.69, 9.17) is 0 Å². The lowest BCUT2D eigenvalue weighted by molar-refractivity contribution is 0.103. The lowest BCUT2D eigenvalue weighted by atomic mass is 10.2. The van der Waals surface area contributed by atoms with E-state index in [1.807, 2.05) is 25.1 Å². The Hall–Kier alpha value is -1.27. The Morgan fingerprint density at radius 3 is 2.94 bits per heavy atom. The number of anilines is 1. The van der Waals surface area contributed by atoms with Crippen LogP contribution >= 0.6 is 27.5 Å². The molecule has 1 aromatic carbocycles. The molecule has 0 aliphatic rings. The second-order valence-electron chi connectivity index (χ2n) is 3.20. The summed E-state index contributed by atoms with van der Waals surface area (Å²) in [6.45, 7) is 1.99. The molecule has 1 N–H and O–H groups in total. The van der Waals surface area contributed by atoms with Gasteiger partial charge in [-0.2, -0.15) is 0 Å². The summed E-state index contributed by atoms with van der Waals surface area (Å²) in [5.74, 6) is -0.189. The van der Waals surface area contributed by atoms with Crippen LogP contribution in [0.2, 0.25) is 0 Å². The number of carbonyl (C=O) groups is 1. The van der Waals surface area contributed by atoms with Crippen molar-refractivity contribution in [1.29, 1.82) is 0 Å². The van der Waals surface area contributed by atoms with Crippen LogP contribution in [-0.4, -0.2) is 15.5 Å². The molecule has 2 rings (SSSR count). The van der Waals surface area contributed by atoms with E-state index in [9.17, 15) is 4.79 Å². The highest BCUT2D eigenvalue weighted by Crippen LogP contribution is 2.21. The van der Waals surface area contributed by atoms with Gasteiger partial charge in [-0.05, 0) is 36.2 Å². The van der Waals surface area contributed by atoms with E-state index in [-0.39, 0.29) is 5.91 Å². The molecule has 2 aromatic rings. The predicted molar refractivity (Wildman–Crippen MR) is 66.7 cm³/mol. The van der Waals surface area contributed by atoms with Gasteiger partial charge in [0.2, 0.25) is 0 Å². The van der Waals surface area contributed by atoms with Crippen LogP contribution in [0.4, 0.5) is 5.69 Å². The van der Waals surface area contributed by atoms with E-state index >= 15 is 0 Å². The van der Waals surface area contributed by atoms with Crippen molar-refractivity contribution in [3.63, 3.8) is 0 Å². The molecule has 0 atom stereocenters. The highest BCUT2D eigenvalue weighted by molar-refractivity contribution is 9.10. The Morgan fingerprint density at radius 2 is 2.31 bits per heavy atom. The maximum atomic E-state index is 11.7. The van der Waals surface area contributed by atoms with Gasteiger partial charge in [-0.3, -0.25) is 4.79 Å². The highest BCUT2D eigenvalue weighted by Gasteiger charge is 2.08. The van der Waals surface area contributed by atoms with Crippen molar-refractivity contribution >= 4 is 39.1 Å². The molecule has 1 aromatic heterocycles. The Labute approximate surface area is 105 Å². The number of hydrogen-bond donors (Lipinski definition) is 1. The lowest BCUT2D eigenvalue weighted by Gasteiger charge is -2.04. The summed E-state index contributed by atoms with van der Waals surface area (Å²) in [6, 6.07) is 5.65. The zero-order valence-corrected chi connectivity index (χ0v) is 10.8. The fourth-order valence-corrected chi connectivity index (χ4v) is 1.92. The van der Waals surface area contributed by atoms with Crippen LogP contribution in [0.15, 0.2) is 28.9 Å². The average molecular weight is 298 g/mol. The summed E-state index contributed by atoms with van der Waals surface area (Å²) in [4.78, 5) is 12.2. The van der Waals surface area contributed by atoms with E-state index < -0.39 is 0 Å². The fourth-order valence-electron chi connectivity index (χ4n) is 1.13. The van der Waals surface area contributed by atoms with Crippen LogP contribution in [0.1, 0.15) is 15.2 Å². The Morgan fingerprint density at radius 1 is 1.50 bits per heavy atom. The number of aryl methyl sites for hydroxylation is 1. The quantitative estimate of drug-likeness (QED) is 0.927. The monoisotopic (exact) mass is 297 g/mol. The zero-order valence-electron chi connectivity index (χ0n) is 8.40. The first-order valence-corrected chi connectivity index (χ1v) is 6.08. The van der Waals surface area contributed by atoms with E-state index in [2.05, 4.69) is 30.8 Å². The van der Waals surface area contributed by atoms with Crippen molar-refractivity contribution in [3.05, 3.63) is 39.3 Å². The maximum absolute atomic E-state index is 11.7. The molecule has 0 aliphatic carbocycles. The minimum atomic E-state index is -0.189. The first kappa shape index (κ1) is 11.2. The van der Waals surface area contributed by atoms with Crippen LogP contribution < -0.4 is 5.32 Å². The van der Waals surface area contributed by atoms with Gasteiger partial charge in [-0.15, -0.1) is 5.10 Å². The van der Waals surface area contributed by atoms with E-state index in [0.717, 1.165) is 27.3 Å².